The number of hydrogen-bond donors (Lipinski definition) is 1. The summed E-state index contributed by atoms with van der Waals surface area (Å²) in [5.41, 5.74) is 2.96. The summed E-state index contributed by atoms with van der Waals surface area (Å²) in [6, 6.07) is 21.2. The van der Waals surface area contributed by atoms with Crippen LogP contribution in [0.4, 0.5) is 5.88 Å². The quantitative estimate of drug-likeness (QED) is 0.685. The molecule has 1 N–H and O–H groups in total. The smallest absolute Gasteiger partial charge is 0.253 e. The average molecular weight is 328 g/mol. The molecule has 25 heavy (non-hydrogen) atoms. The van der Waals surface area contributed by atoms with Crippen molar-refractivity contribution >= 4 is 11.8 Å². The maximum atomic E-state index is 12.0. The maximum Gasteiger partial charge on any atom is 0.253 e. The van der Waals surface area contributed by atoms with Crippen molar-refractivity contribution in [3.8, 4) is 28.5 Å². The van der Waals surface area contributed by atoms with Crippen molar-refractivity contribution in [2.75, 3.05) is 5.32 Å². The molecule has 122 valence electrons. The van der Waals surface area contributed by atoms with Crippen molar-refractivity contribution in [2.24, 2.45) is 0 Å². The zero-order chi connectivity index (χ0) is 17.8. The zero-order valence-electron chi connectivity index (χ0n) is 13.7. The number of amides is 1. The van der Waals surface area contributed by atoms with E-state index in [1.54, 1.807) is 6.92 Å². The van der Waals surface area contributed by atoms with Gasteiger partial charge in [-0.15, -0.1) is 0 Å². The van der Waals surface area contributed by atoms with Crippen molar-refractivity contribution in [1.29, 1.82) is 5.26 Å². The van der Waals surface area contributed by atoms with Crippen LogP contribution in [0, 0.1) is 11.3 Å². The number of carbonyl (C=O) groups excluding carboxylic acids is 1. The molecule has 0 spiro atoms. The summed E-state index contributed by atoms with van der Waals surface area (Å²) in [7, 11) is 0. The molecule has 1 heterocycles. The molecule has 1 amide bonds. The highest BCUT2D eigenvalue weighted by atomic mass is 16.4. The monoisotopic (exact) mass is 328 g/mol. The van der Waals surface area contributed by atoms with E-state index in [0.29, 0.717) is 22.5 Å². The molecule has 0 saturated carbocycles. The van der Waals surface area contributed by atoms with Crippen molar-refractivity contribution in [3.63, 3.8) is 0 Å². The van der Waals surface area contributed by atoms with Gasteiger partial charge in [-0.25, -0.2) is 0 Å². The van der Waals surface area contributed by atoms with Crippen LogP contribution in [0.15, 0.2) is 77.2 Å². The molecule has 4 heteroatoms. The number of carbonyl (C=O) groups is 1. The first-order valence-corrected chi connectivity index (χ1v) is 7.76. The number of hydrogen-bond acceptors (Lipinski definition) is 3. The second-order valence-corrected chi connectivity index (χ2v) is 5.59. The normalized spacial score (nSPS) is 10.1. The van der Waals surface area contributed by atoms with Crippen LogP contribution >= 0.6 is 0 Å². The van der Waals surface area contributed by atoms with Gasteiger partial charge in [0.25, 0.3) is 5.91 Å². The highest BCUT2D eigenvalue weighted by Gasteiger charge is 2.24. The molecule has 1 aromatic heterocycles. The Hall–Kier alpha value is -3.58. The number of anilines is 1. The van der Waals surface area contributed by atoms with E-state index in [1.807, 2.05) is 60.7 Å². The lowest BCUT2D eigenvalue weighted by molar-refractivity contribution is -0.112. The molecular weight excluding hydrogens is 312 g/mol. The predicted molar refractivity (Wildman–Crippen MR) is 97.7 cm³/mol. The lowest BCUT2D eigenvalue weighted by Gasteiger charge is -2.03. The van der Waals surface area contributed by atoms with E-state index in [2.05, 4.69) is 18.0 Å². The van der Waals surface area contributed by atoms with Gasteiger partial charge in [-0.1, -0.05) is 67.2 Å². The summed E-state index contributed by atoms with van der Waals surface area (Å²) in [5, 5.41) is 12.3. The molecule has 0 radical (unpaired) electrons. The minimum absolute atomic E-state index is 0.133. The number of nitrogens with zero attached hydrogens (tertiary/aromatic N) is 1. The zero-order valence-corrected chi connectivity index (χ0v) is 13.7. The van der Waals surface area contributed by atoms with E-state index in [1.165, 1.54) is 0 Å². The summed E-state index contributed by atoms with van der Waals surface area (Å²) in [6.45, 7) is 5.21. The molecule has 3 rings (SSSR count). The highest BCUT2D eigenvalue weighted by molar-refractivity contribution is 6.04. The number of nitriles is 1. The van der Waals surface area contributed by atoms with Crippen LogP contribution < -0.4 is 5.32 Å². The Bertz CT molecular complexity index is 964. The second-order valence-electron chi connectivity index (χ2n) is 5.59. The van der Waals surface area contributed by atoms with Gasteiger partial charge in [0.1, 0.15) is 17.4 Å². The van der Waals surface area contributed by atoms with Gasteiger partial charge in [-0.05, 0) is 12.5 Å². The summed E-state index contributed by atoms with van der Waals surface area (Å²) in [6.07, 6.45) is 0. The van der Waals surface area contributed by atoms with Gasteiger partial charge < -0.3 is 4.42 Å². The minimum atomic E-state index is -0.385. The Morgan fingerprint density at radius 3 is 2.12 bits per heavy atom. The molecular formula is C21H16N2O2. The Morgan fingerprint density at radius 2 is 1.60 bits per heavy atom. The number of benzene rings is 2. The van der Waals surface area contributed by atoms with Crippen LogP contribution in [0.1, 0.15) is 12.5 Å². The summed E-state index contributed by atoms with van der Waals surface area (Å²) >= 11 is 0. The molecule has 4 nitrogen and oxygen atoms in total. The molecule has 0 atom stereocenters. The fourth-order valence-corrected chi connectivity index (χ4v) is 2.51. The van der Waals surface area contributed by atoms with Gasteiger partial charge >= 0.3 is 0 Å². The molecule has 0 aliphatic carbocycles. The van der Waals surface area contributed by atoms with E-state index in [0.717, 1.165) is 11.1 Å². The third-order valence-corrected chi connectivity index (χ3v) is 3.73. The molecule has 2 aromatic carbocycles. The fraction of sp³-hybridized carbons (Fsp3) is 0.0476. The first-order chi connectivity index (χ1) is 12.1. The first-order valence-electron chi connectivity index (χ1n) is 7.76. The molecule has 0 aliphatic heterocycles. The molecule has 0 bridgehead atoms. The molecule has 0 saturated heterocycles. The Morgan fingerprint density at radius 1 is 1.04 bits per heavy atom. The topological polar surface area (TPSA) is 66.0 Å². The van der Waals surface area contributed by atoms with Crippen LogP contribution in [0.5, 0.6) is 0 Å². The van der Waals surface area contributed by atoms with Crippen molar-refractivity contribution in [2.45, 2.75) is 6.92 Å². The van der Waals surface area contributed by atoms with Gasteiger partial charge in [0, 0.05) is 16.7 Å². The van der Waals surface area contributed by atoms with Crippen molar-refractivity contribution < 1.29 is 9.21 Å². The summed E-state index contributed by atoms with van der Waals surface area (Å²) in [5.74, 6) is 0.290. The van der Waals surface area contributed by atoms with Gasteiger partial charge in [0.2, 0.25) is 5.88 Å². The Labute approximate surface area is 146 Å². The molecule has 3 aromatic rings. The summed E-state index contributed by atoms with van der Waals surface area (Å²) < 4.78 is 5.90. The molecule has 0 aliphatic rings. The molecule has 0 fully saturated rings. The largest absolute Gasteiger partial charge is 0.438 e. The van der Waals surface area contributed by atoms with Crippen LogP contribution in [-0.2, 0) is 4.79 Å². The first kappa shape index (κ1) is 16.3. The lowest BCUT2D eigenvalue weighted by atomic mass is 9.98. The average Bonchev–Trinajstić information content (AvgIpc) is 3.01. The minimum Gasteiger partial charge on any atom is -0.438 e. The summed E-state index contributed by atoms with van der Waals surface area (Å²) in [4.78, 5) is 12.0. The lowest BCUT2D eigenvalue weighted by Crippen LogP contribution is -2.12. The van der Waals surface area contributed by atoms with E-state index >= 15 is 0 Å². The highest BCUT2D eigenvalue weighted by Crippen LogP contribution is 2.41. The predicted octanol–water partition coefficient (Wildman–Crippen LogP) is 5.00. The van der Waals surface area contributed by atoms with Crippen LogP contribution in [0.2, 0.25) is 0 Å². The van der Waals surface area contributed by atoms with Gasteiger partial charge in [-0.2, -0.15) is 5.26 Å². The maximum absolute atomic E-state index is 12.0. The Balaban J connectivity index is 2.23. The van der Waals surface area contributed by atoms with Gasteiger partial charge in [0.15, 0.2) is 0 Å². The van der Waals surface area contributed by atoms with Crippen molar-refractivity contribution in [1.82, 2.24) is 0 Å². The third kappa shape index (κ3) is 3.22. The van der Waals surface area contributed by atoms with E-state index in [4.69, 9.17) is 4.42 Å². The van der Waals surface area contributed by atoms with E-state index < -0.39 is 0 Å². The van der Waals surface area contributed by atoms with E-state index in [9.17, 15) is 10.1 Å². The second kappa shape index (κ2) is 6.90. The van der Waals surface area contributed by atoms with E-state index in [-0.39, 0.29) is 11.8 Å². The number of rotatable bonds is 4. The number of nitrogens with one attached hydrogen (secondary N) is 1. The van der Waals surface area contributed by atoms with Crippen LogP contribution in [0.25, 0.3) is 22.5 Å². The van der Waals surface area contributed by atoms with Crippen molar-refractivity contribution in [3.05, 3.63) is 78.4 Å². The van der Waals surface area contributed by atoms with Crippen LogP contribution in [-0.4, -0.2) is 5.91 Å². The molecule has 0 unspecified atom stereocenters. The van der Waals surface area contributed by atoms with Crippen LogP contribution in [0.3, 0.4) is 0 Å². The fourth-order valence-electron chi connectivity index (χ4n) is 2.51. The third-order valence-electron chi connectivity index (χ3n) is 3.73. The number of furan rings is 1. The van der Waals surface area contributed by atoms with Gasteiger partial charge in [0.05, 0.1) is 0 Å². The SMILES string of the molecule is C=C(C)C(=O)Nc1oc(-c2ccccc2)c(-c2ccccc2)c1C#N. The Kier molecular flexibility index (Phi) is 4.49. The van der Waals surface area contributed by atoms with Gasteiger partial charge in [-0.3, -0.25) is 10.1 Å². The standard InChI is InChI=1S/C21H16N2O2/c1-14(2)20(24)23-21-17(13-22)18(15-9-5-3-6-10-15)19(25-21)16-11-7-4-8-12-16/h3-12H,1H2,2H3,(H,23,24).